The maximum absolute atomic E-state index is 14.5. The molecule has 1 aromatic carbocycles. The Morgan fingerprint density at radius 2 is 1.82 bits per heavy atom. The molecule has 0 fully saturated rings. The van der Waals surface area contributed by atoms with E-state index < -0.39 is 18.0 Å². The lowest BCUT2D eigenvalue weighted by Crippen LogP contribution is -2.40. The van der Waals surface area contributed by atoms with Gasteiger partial charge >= 0.3 is 5.97 Å². The molecule has 0 spiro atoms. The van der Waals surface area contributed by atoms with Crippen molar-refractivity contribution in [1.29, 1.82) is 0 Å². The molecule has 2 atom stereocenters. The first kappa shape index (κ1) is 38.6. The normalized spacial score (nSPS) is 15.8. The van der Waals surface area contributed by atoms with E-state index in [1.165, 1.54) is 11.0 Å². The molecule has 6 rings (SSSR count). The lowest BCUT2D eigenvalue weighted by Gasteiger charge is -2.23. The van der Waals surface area contributed by atoms with Crippen molar-refractivity contribution in [2.45, 2.75) is 112 Å². The number of unbranched alkanes of at least 4 members (excludes halogenated alkanes) is 1. The number of hydrogen-bond acceptors (Lipinski definition) is 8. The Labute approximate surface area is 292 Å². The molecule has 12 heteroatoms. The first-order valence-corrected chi connectivity index (χ1v) is 17.9. The lowest BCUT2D eigenvalue weighted by molar-refractivity contribution is -0.157. The topological polar surface area (TPSA) is 165 Å². The fraction of sp³-hybridized carbons (Fsp3) is 0.553. The van der Waals surface area contributed by atoms with E-state index in [1.54, 1.807) is 17.6 Å². The monoisotopic (exact) mass is 694 g/mol. The van der Waals surface area contributed by atoms with Crippen molar-refractivity contribution in [2.75, 3.05) is 19.7 Å². The van der Waals surface area contributed by atoms with Gasteiger partial charge in [-0.25, -0.2) is 14.2 Å². The number of aliphatic hydroxyl groups is 2. The maximum atomic E-state index is 14.5. The van der Waals surface area contributed by atoms with Crippen molar-refractivity contribution in [1.82, 2.24) is 14.5 Å². The summed E-state index contributed by atoms with van der Waals surface area (Å²) in [5.74, 6) is -1.29. The van der Waals surface area contributed by atoms with Crippen LogP contribution < -0.4 is 11.3 Å². The largest absolute Gasteiger partial charge is 0.458 e. The Balaban J connectivity index is 0.000000235. The number of ether oxygens (including phenoxy) is 1. The average Bonchev–Trinajstić information content (AvgIpc) is 3.47. The molecular formula is C38H51FN4O7. The Morgan fingerprint density at radius 1 is 1.10 bits per heavy atom. The van der Waals surface area contributed by atoms with Crippen molar-refractivity contribution in [3.05, 3.63) is 61.7 Å². The third kappa shape index (κ3) is 7.91. The zero-order valence-corrected chi connectivity index (χ0v) is 29.9. The van der Waals surface area contributed by atoms with Gasteiger partial charge in [0.2, 0.25) is 11.8 Å². The number of benzene rings is 1. The number of fused-ring (bicyclic) bond motifs is 5. The summed E-state index contributed by atoms with van der Waals surface area (Å²) in [7, 11) is 0. The van der Waals surface area contributed by atoms with E-state index in [9.17, 15) is 28.7 Å². The van der Waals surface area contributed by atoms with Crippen LogP contribution in [0.15, 0.2) is 16.9 Å². The molecule has 50 heavy (non-hydrogen) atoms. The van der Waals surface area contributed by atoms with Gasteiger partial charge in [-0.1, -0.05) is 53.4 Å². The van der Waals surface area contributed by atoms with E-state index in [4.69, 9.17) is 20.6 Å². The van der Waals surface area contributed by atoms with E-state index >= 15 is 0 Å². The van der Waals surface area contributed by atoms with Crippen LogP contribution in [0.4, 0.5) is 4.39 Å². The minimum absolute atomic E-state index is 0.0811. The number of carbonyl (C=O) groups excluding carboxylic acids is 3. The number of amides is 2. The molecule has 0 saturated heterocycles. The number of hydrogen-bond donors (Lipinski definition) is 3. The number of primary amides is 1. The molecule has 1 aliphatic carbocycles. The number of nitrogens with zero attached hydrogens (tertiary/aromatic N) is 3. The predicted octanol–water partition coefficient (Wildman–Crippen LogP) is 4.77. The average molecular weight is 695 g/mol. The van der Waals surface area contributed by atoms with Crippen molar-refractivity contribution in [2.24, 2.45) is 11.7 Å². The third-order valence-electron chi connectivity index (χ3n) is 9.74. The number of aryl methyl sites for hydroxylation is 2. The second-order valence-electron chi connectivity index (χ2n) is 13.0. The smallest absolute Gasteiger partial charge is 0.340 e. The van der Waals surface area contributed by atoms with Crippen molar-refractivity contribution >= 4 is 28.7 Å². The number of nitrogens with two attached hydrogens (primary N) is 1. The number of carbonyl (C=O) groups is 3. The minimum atomic E-state index is -1.48. The van der Waals surface area contributed by atoms with E-state index in [0.29, 0.717) is 46.9 Å². The zero-order chi connectivity index (χ0) is 36.7. The number of esters is 1. The molecular weight excluding hydrogens is 643 g/mol. The highest BCUT2D eigenvalue weighted by Crippen LogP contribution is 2.42. The molecule has 2 amide bonds. The van der Waals surface area contributed by atoms with Crippen LogP contribution in [-0.4, -0.2) is 62.1 Å². The molecule has 3 aromatic rings. The highest BCUT2D eigenvalue weighted by molar-refractivity contribution is 5.92. The Kier molecular flexibility index (Phi) is 13.3. The molecule has 272 valence electrons. The Morgan fingerprint density at radius 3 is 2.48 bits per heavy atom. The molecule has 4 N–H and O–H groups in total. The van der Waals surface area contributed by atoms with Gasteiger partial charge in [0.1, 0.15) is 12.4 Å². The first-order chi connectivity index (χ1) is 24.0. The molecule has 2 aromatic heterocycles. The lowest BCUT2D eigenvalue weighted by atomic mass is 9.85. The highest BCUT2D eigenvalue weighted by Gasteiger charge is 2.35. The van der Waals surface area contributed by atoms with E-state index in [1.807, 2.05) is 13.8 Å². The standard InChI is InChI=1S/C22H17FN2O4.C14H28N2O3.C2H6/c1-9-10-3-2-4-11-13-7-25-17(19(13)24-16(18(10)11)6-15(9)23)5-12-14(21(25)27)8-29-22(28)20(12)26;1-3-5-7-12(6-4-2)10-14(19)16(8-9-17)11-13(15)18;1-2/h5-6,20,26H,2-4,7-8H2,1H3;12,17H,3-11H2,1-2H3,(H2,15,18);1-2H3. The fourth-order valence-electron chi connectivity index (χ4n) is 7.29. The second-order valence-corrected chi connectivity index (χ2v) is 13.0. The number of rotatable bonds is 11. The van der Waals surface area contributed by atoms with Gasteiger partial charge in [-0.15, -0.1) is 0 Å². The maximum Gasteiger partial charge on any atom is 0.340 e. The van der Waals surface area contributed by atoms with Crippen LogP contribution in [-0.2, 0) is 45.1 Å². The molecule has 2 aliphatic heterocycles. The predicted molar refractivity (Wildman–Crippen MR) is 189 cm³/mol. The van der Waals surface area contributed by atoms with Crippen LogP contribution in [0.5, 0.6) is 0 Å². The fourth-order valence-corrected chi connectivity index (χ4v) is 7.29. The number of cyclic esters (lactones) is 1. The molecule has 0 saturated carbocycles. The Bertz CT molecular complexity index is 1800. The summed E-state index contributed by atoms with van der Waals surface area (Å²) in [6, 6.07) is 3.13. The first-order valence-electron chi connectivity index (χ1n) is 17.9. The van der Waals surface area contributed by atoms with Crippen LogP contribution in [0.3, 0.4) is 0 Å². The van der Waals surface area contributed by atoms with E-state index in [-0.39, 0.29) is 49.2 Å². The zero-order valence-electron chi connectivity index (χ0n) is 29.9. The second kappa shape index (κ2) is 17.2. The van der Waals surface area contributed by atoms with E-state index in [2.05, 4.69) is 13.8 Å². The van der Waals surface area contributed by atoms with Gasteiger partial charge in [0.15, 0.2) is 6.10 Å². The quantitative estimate of drug-likeness (QED) is 0.189. The van der Waals surface area contributed by atoms with Gasteiger partial charge < -0.3 is 30.2 Å². The van der Waals surface area contributed by atoms with Crippen molar-refractivity contribution in [3.63, 3.8) is 0 Å². The van der Waals surface area contributed by atoms with Crippen LogP contribution in [0, 0.1) is 18.7 Å². The van der Waals surface area contributed by atoms with Gasteiger partial charge in [-0.2, -0.15) is 0 Å². The summed E-state index contributed by atoms with van der Waals surface area (Å²) < 4.78 is 21.1. The van der Waals surface area contributed by atoms with Crippen LogP contribution in [0.2, 0.25) is 0 Å². The number of aromatic nitrogens is 2. The third-order valence-corrected chi connectivity index (χ3v) is 9.74. The SMILES string of the molecule is CC.CCCCC(CCC)CC(=O)N(CCO)CC(N)=O.Cc1c(F)cc2nc3c(c4c2c1CCC4)Cn1c-3cc2c(c1=O)COC(=O)C2O. The summed E-state index contributed by atoms with van der Waals surface area (Å²) >= 11 is 0. The summed E-state index contributed by atoms with van der Waals surface area (Å²) in [6.07, 6.45) is 6.92. The molecule has 0 radical (unpaired) electrons. The highest BCUT2D eigenvalue weighted by atomic mass is 19.1. The Hall–Kier alpha value is -4.16. The summed E-state index contributed by atoms with van der Waals surface area (Å²) in [5.41, 5.74) is 11.0. The van der Waals surface area contributed by atoms with Crippen LogP contribution in [0.1, 0.15) is 112 Å². The van der Waals surface area contributed by atoms with Gasteiger partial charge in [0.25, 0.3) is 5.56 Å². The number of halogens is 1. The van der Waals surface area contributed by atoms with Crippen LogP contribution >= 0.6 is 0 Å². The summed E-state index contributed by atoms with van der Waals surface area (Å²) in [6.45, 7) is 10.2. The minimum Gasteiger partial charge on any atom is -0.458 e. The molecule has 11 nitrogen and oxygen atoms in total. The van der Waals surface area contributed by atoms with Gasteiger partial charge in [-0.3, -0.25) is 14.4 Å². The molecule has 4 heterocycles. The molecule has 2 unspecified atom stereocenters. The number of aliphatic hydroxyl groups excluding tert-OH is 2. The van der Waals surface area contributed by atoms with Gasteiger partial charge in [-0.05, 0) is 61.3 Å². The van der Waals surface area contributed by atoms with Crippen LogP contribution in [0.25, 0.3) is 22.3 Å². The van der Waals surface area contributed by atoms with Crippen molar-refractivity contribution in [3.8, 4) is 11.4 Å². The van der Waals surface area contributed by atoms with Gasteiger partial charge in [0.05, 0.1) is 42.2 Å². The number of pyridine rings is 2. The van der Waals surface area contributed by atoms with Gasteiger partial charge in [0, 0.05) is 35.5 Å². The summed E-state index contributed by atoms with van der Waals surface area (Å²) in [5, 5.41) is 20.2. The molecule has 3 aliphatic rings. The van der Waals surface area contributed by atoms with E-state index in [0.717, 1.165) is 73.4 Å². The van der Waals surface area contributed by atoms with Crippen molar-refractivity contribution < 1.29 is 33.7 Å². The molecule has 0 bridgehead atoms. The summed E-state index contributed by atoms with van der Waals surface area (Å²) in [4.78, 5) is 54.0.